The minimum absolute atomic E-state index is 0.106. The molecule has 6 nitrogen and oxygen atoms in total. The Labute approximate surface area is 114 Å². The summed E-state index contributed by atoms with van der Waals surface area (Å²) in [6.45, 7) is 0. The number of ether oxygens (including phenoxy) is 1. The number of methoxy groups -OCH3 is 1. The number of aromatic nitrogens is 2. The lowest BCUT2D eigenvalue weighted by Gasteiger charge is -2.06. The van der Waals surface area contributed by atoms with E-state index in [0.29, 0.717) is 11.4 Å². The van der Waals surface area contributed by atoms with Crippen molar-refractivity contribution in [3.63, 3.8) is 0 Å². The number of benzene rings is 1. The van der Waals surface area contributed by atoms with Crippen LogP contribution in [0, 0.1) is 11.3 Å². The molecule has 8 heteroatoms. The van der Waals surface area contributed by atoms with Gasteiger partial charge in [-0.3, -0.25) is 0 Å². The lowest BCUT2D eigenvalue weighted by molar-refractivity contribution is 0.414. The highest BCUT2D eigenvalue weighted by molar-refractivity contribution is 8.13. The fraction of sp³-hybridized carbons (Fsp3) is 0.0909. The molecule has 0 spiro atoms. The van der Waals surface area contributed by atoms with Crippen molar-refractivity contribution >= 4 is 19.7 Å². The van der Waals surface area contributed by atoms with Gasteiger partial charge in [-0.1, -0.05) is 0 Å². The average molecular weight is 298 g/mol. The number of hydrogen-bond donors (Lipinski definition) is 0. The van der Waals surface area contributed by atoms with Crippen molar-refractivity contribution in [2.75, 3.05) is 7.11 Å². The van der Waals surface area contributed by atoms with Crippen LogP contribution in [0.2, 0.25) is 0 Å². The predicted octanol–water partition coefficient (Wildman–Crippen LogP) is 1.68. The van der Waals surface area contributed by atoms with Crippen LogP contribution in [0.25, 0.3) is 5.69 Å². The first kappa shape index (κ1) is 13.4. The van der Waals surface area contributed by atoms with Gasteiger partial charge < -0.3 is 4.74 Å². The second-order valence-electron chi connectivity index (χ2n) is 3.52. The van der Waals surface area contributed by atoms with Crippen molar-refractivity contribution in [1.82, 2.24) is 9.78 Å². The van der Waals surface area contributed by atoms with E-state index in [1.54, 1.807) is 30.3 Å². The first-order valence-electron chi connectivity index (χ1n) is 5.04. The molecule has 0 saturated heterocycles. The van der Waals surface area contributed by atoms with Crippen molar-refractivity contribution in [2.24, 2.45) is 0 Å². The quantitative estimate of drug-likeness (QED) is 0.805. The highest BCUT2D eigenvalue weighted by Crippen LogP contribution is 2.24. The van der Waals surface area contributed by atoms with Gasteiger partial charge in [0.05, 0.1) is 19.0 Å². The molecule has 1 aromatic heterocycles. The number of halogens is 1. The summed E-state index contributed by atoms with van der Waals surface area (Å²) >= 11 is 0. The number of nitrogens with zero attached hydrogens (tertiary/aromatic N) is 3. The van der Waals surface area contributed by atoms with Gasteiger partial charge in [0, 0.05) is 10.7 Å². The molecule has 0 atom stereocenters. The number of rotatable bonds is 3. The van der Waals surface area contributed by atoms with Crippen LogP contribution >= 0.6 is 10.7 Å². The Morgan fingerprint density at radius 1 is 1.37 bits per heavy atom. The van der Waals surface area contributed by atoms with Crippen molar-refractivity contribution in [2.45, 2.75) is 5.03 Å². The van der Waals surface area contributed by atoms with Gasteiger partial charge in [-0.15, -0.1) is 0 Å². The molecule has 98 valence electrons. The van der Waals surface area contributed by atoms with Gasteiger partial charge >= 0.3 is 0 Å². The smallest absolute Gasteiger partial charge is 0.280 e. The fourth-order valence-corrected chi connectivity index (χ4v) is 2.72. The molecular weight excluding hydrogens is 290 g/mol. The third-order valence-electron chi connectivity index (χ3n) is 2.39. The van der Waals surface area contributed by atoms with E-state index < -0.39 is 9.05 Å². The summed E-state index contributed by atoms with van der Waals surface area (Å²) in [5, 5.41) is 12.4. The van der Waals surface area contributed by atoms with Gasteiger partial charge in [0.1, 0.15) is 17.4 Å². The van der Waals surface area contributed by atoms with E-state index in [-0.39, 0.29) is 10.6 Å². The highest BCUT2D eigenvalue weighted by atomic mass is 35.7. The van der Waals surface area contributed by atoms with E-state index >= 15 is 0 Å². The average Bonchev–Trinajstić information content (AvgIpc) is 2.82. The summed E-state index contributed by atoms with van der Waals surface area (Å²) in [4.78, 5) is 0. The maximum atomic E-state index is 11.5. The molecule has 0 amide bonds. The van der Waals surface area contributed by atoms with E-state index in [4.69, 9.17) is 20.7 Å². The second kappa shape index (κ2) is 4.91. The molecular formula is C11H8ClN3O3S. The first-order chi connectivity index (χ1) is 8.97. The number of nitriles is 1. The maximum absolute atomic E-state index is 11.5. The molecule has 0 saturated carbocycles. The Morgan fingerprint density at radius 2 is 2.00 bits per heavy atom. The highest BCUT2D eigenvalue weighted by Gasteiger charge is 2.23. The summed E-state index contributed by atoms with van der Waals surface area (Å²) in [6.07, 6.45) is 1.15. The first-order valence-corrected chi connectivity index (χ1v) is 7.35. The van der Waals surface area contributed by atoms with Gasteiger partial charge in [0.25, 0.3) is 9.05 Å². The van der Waals surface area contributed by atoms with Crippen LogP contribution < -0.4 is 4.74 Å². The molecule has 2 aromatic rings. The molecule has 19 heavy (non-hydrogen) atoms. The molecule has 0 fully saturated rings. The molecule has 0 aliphatic carbocycles. The van der Waals surface area contributed by atoms with Crippen LogP contribution in [-0.2, 0) is 9.05 Å². The van der Waals surface area contributed by atoms with E-state index in [1.807, 2.05) is 0 Å². The van der Waals surface area contributed by atoms with E-state index in [2.05, 4.69) is 5.10 Å². The predicted molar refractivity (Wildman–Crippen MR) is 67.9 cm³/mol. The zero-order valence-corrected chi connectivity index (χ0v) is 11.3. The van der Waals surface area contributed by atoms with Crippen LogP contribution in [0.5, 0.6) is 5.75 Å². The summed E-state index contributed by atoms with van der Waals surface area (Å²) in [5.74, 6) is 0.617. The Balaban J connectivity index is 2.63. The summed E-state index contributed by atoms with van der Waals surface area (Å²) < 4.78 is 29.1. The third kappa shape index (κ3) is 2.54. The molecule has 0 radical (unpaired) electrons. The Bertz CT molecular complexity index is 744. The fourth-order valence-electron chi connectivity index (χ4n) is 1.56. The molecule has 0 aliphatic heterocycles. The van der Waals surface area contributed by atoms with Gasteiger partial charge in [-0.05, 0) is 24.3 Å². The van der Waals surface area contributed by atoms with Gasteiger partial charge in [-0.25, -0.2) is 13.1 Å². The zero-order chi connectivity index (χ0) is 14.0. The van der Waals surface area contributed by atoms with Crippen molar-refractivity contribution in [3.05, 3.63) is 36.0 Å². The summed E-state index contributed by atoms with van der Waals surface area (Å²) in [6, 6.07) is 8.26. The van der Waals surface area contributed by atoms with E-state index in [1.165, 1.54) is 7.11 Å². The largest absolute Gasteiger partial charge is 0.497 e. The normalized spacial score (nSPS) is 11.0. The topological polar surface area (TPSA) is 85.0 Å². The number of hydrogen-bond acceptors (Lipinski definition) is 5. The Morgan fingerprint density at radius 3 is 2.47 bits per heavy atom. The standard InChI is InChI=1S/C11H8ClN3O3S/c1-18-10-4-2-9(3-5-10)15-11(19(12,16)17)8(6-13)7-14-15/h2-5,7H,1H3. The van der Waals surface area contributed by atoms with Crippen LogP contribution in [-0.4, -0.2) is 25.3 Å². The minimum Gasteiger partial charge on any atom is -0.497 e. The Kier molecular flexibility index (Phi) is 3.46. The van der Waals surface area contributed by atoms with E-state index in [9.17, 15) is 8.42 Å². The molecule has 1 aromatic carbocycles. The van der Waals surface area contributed by atoms with Crippen molar-refractivity contribution in [1.29, 1.82) is 5.26 Å². The van der Waals surface area contributed by atoms with Gasteiger partial charge in [0.15, 0.2) is 5.03 Å². The zero-order valence-electron chi connectivity index (χ0n) is 9.74. The summed E-state index contributed by atoms with van der Waals surface area (Å²) in [7, 11) is 2.77. The van der Waals surface area contributed by atoms with Crippen LogP contribution in [0.1, 0.15) is 5.56 Å². The lowest BCUT2D eigenvalue weighted by atomic mass is 10.3. The molecule has 0 unspecified atom stereocenters. The minimum atomic E-state index is -4.08. The Hall–Kier alpha value is -2.04. The second-order valence-corrected chi connectivity index (χ2v) is 6.00. The molecule has 1 heterocycles. The van der Waals surface area contributed by atoms with E-state index in [0.717, 1.165) is 10.9 Å². The van der Waals surface area contributed by atoms with Crippen LogP contribution in [0.4, 0.5) is 0 Å². The molecule has 0 bridgehead atoms. The maximum Gasteiger partial charge on any atom is 0.280 e. The van der Waals surface area contributed by atoms with Crippen LogP contribution in [0.3, 0.4) is 0 Å². The molecule has 0 aliphatic rings. The van der Waals surface area contributed by atoms with Crippen molar-refractivity contribution < 1.29 is 13.2 Å². The molecule has 2 rings (SSSR count). The SMILES string of the molecule is COc1ccc(-n2ncc(C#N)c2S(=O)(=O)Cl)cc1. The van der Waals surface area contributed by atoms with Crippen molar-refractivity contribution in [3.8, 4) is 17.5 Å². The van der Waals surface area contributed by atoms with Gasteiger partial charge in [0.2, 0.25) is 0 Å². The third-order valence-corrected chi connectivity index (χ3v) is 3.69. The summed E-state index contributed by atoms with van der Waals surface area (Å²) in [5.41, 5.74) is 0.354. The monoisotopic (exact) mass is 297 g/mol. The molecule has 0 N–H and O–H groups in total. The van der Waals surface area contributed by atoms with Gasteiger partial charge in [-0.2, -0.15) is 10.4 Å². The van der Waals surface area contributed by atoms with Crippen LogP contribution in [0.15, 0.2) is 35.5 Å². The lowest BCUT2D eigenvalue weighted by Crippen LogP contribution is -2.05.